The van der Waals surface area contributed by atoms with Crippen LogP contribution < -0.4 is 0 Å². The minimum Gasteiger partial charge on any atom is -0.394 e. The molecule has 1 aliphatic heterocycles. The molecule has 3 aromatic heterocycles. The first-order chi connectivity index (χ1) is 14.2. The SMILES string of the molecule is OC[C@H]1O[C@H](c2nc(-c3nc(-c4cccc(-n5cccc5)c4)no3)cs2)C[C@@H]1O. The fraction of sp³-hybridized carbons (Fsp3) is 0.250. The van der Waals surface area contributed by atoms with Crippen LogP contribution in [0.2, 0.25) is 0 Å². The summed E-state index contributed by atoms with van der Waals surface area (Å²) in [4.78, 5) is 9.02. The first kappa shape index (κ1) is 18.2. The molecule has 4 aromatic rings. The van der Waals surface area contributed by atoms with Crippen LogP contribution in [-0.2, 0) is 4.74 Å². The van der Waals surface area contributed by atoms with Crippen LogP contribution in [0.4, 0.5) is 0 Å². The maximum Gasteiger partial charge on any atom is 0.277 e. The van der Waals surface area contributed by atoms with Gasteiger partial charge in [-0.2, -0.15) is 4.98 Å². The molecule has 0 saturated carbocycles. The third-order valence-electron chi connectivity index (χ3n) is 4.85. The number of aromatic nitrogens is 4. The van der Waals surface area contributed by atoms with Crippen LogP contribution in [0.3, 0.4) is 0 Å². The molecule has 8 nitrogen and oxygen atoms in total. The third kappa shape index (κ3) is 3.49. The summed E-state index contributed by atoms with van der Waals surface area (Å²) in [5.41, 5.74) is 2.41. The Morgan fingerprint density at radius 1 is 1.17 bits per heavy atom. The zero-order valence-electron chi connectivity index (χ0n) is 15.3. The molecule has 29 heavy (non-hydrogen) atoms. The summed E-state index contributed by atoms with van der Waals surface area (Å²) in [6, 6.07) is 11.8. The highest BCUT2D eigenvalue weighted by Crippen LogP contribution is 2.36. The smallest absolute Gasteiger partial charge is 0.277 e. The van der Waals surface area contributed by atoms with Gasteiger partial charge in [-0.3, -0.25) is 0 Å². The summed E-state index contributed by atoms with van der Waals surface area (Å²) < 4.78 is 13.1. The summed E-state index contributed by atoms with van der Waals surface area (Å²) >= 11 is 1.40. The minimum absolute atomic E-state index is 0.217. The maximum absolute atomic E-state index is 9.91. The van der Waals surface area contributed by atoms with Gasteiger partial charge in [0.05, 0.1) is 12.7 Å². The Morgan fingerprint density at radius 3 is 2.83 bits per heavy atom. The molecule has 5 rings (SSSR count). The van der Waals surface area contributed by atoms with E-state index in [1.165, 1.54) is 11.3 Å². The van der Waals surface area contributed by atoms with Gasteiger partial charge in [-0.1, -0.05) is 17.3 Å². The zero-order valence-corrected chi connectivity index (χ0v) is 16.1. The highest BCUT2D eigenvalue weighted by molar-refractivity contribution is 7.10. The van der Waals surface area contributed by atoms with Crippen molar-refractivity contribution in [2.75, 3.05) is 6.61 Å². The Labute approximate surface area is 170 Å². The van der Waals surface area contributed by atoms with Gasteiger partial charge in [0, 0.05) is 35.4 Å². The second-order valence-corrected chi connectivity index (χ2v) is 7.67. The molecule has 3 atom stereocenters. The second-order valence-electron chi connectivity index (χ2n) is 6.78. The number of nitrogens with zero attached hydrogens (tertiary/aromatic N) is 4. The molecule has 0 radical (unpaired) electrons. The van der Waals surface area contributed by atoms with Crippen LogP contribution in [0.15, 0.2) is 58.7 Å². The van der Waals surface area contributed by atoms with E-state index in [2.05, 4.69) is 15.1 Å². The van der Waals surface area contributed by atoms with Crippen LogP contribution in [0.5, 0.6) is 0 Å². The van der Waals surface area contributed by atoms with Crippen molar-refractivity contribution in [1.29, 1.82) is 0 Å². The number of rotatable bonds is 5. The Morgan fingerprint density at radius 2 is 2.03 bits per heavy atom. The highest BCUT2D eigenvalue weighted by Gasteiger charge is 2.36. The van der Waals surface area contributed by atoms with Gasteiger partial charge in [-0.25, -0.2) is 4.98 Å². The van der Waals surface area contributed by atoms with Gasteiger partial charge in [0.15, 0.2) is 0 Å². The molecular weight excluding hydrogens is 392 g/mol. The van der Waals surface area contributed by atoms with Crippen molar-refractivity contribution >= 4 is 11.3 Å². The fourth-order valence-corrected chi connectivity index (χ4v) is 4.18. The van der Waals surface area contributed by atoms with E-state index in [1.54, 1.807) is 0 Å². The number of aliphatic hydroxyl groups is 2. The number of hydrogen-bond acceptors (Lipinski definition) is 8. The van der Waals surface area contributed by atoms with E-state index in [1.807, 2.05) is 58.7 Å². The van der Waals surface area contributed by atoms with Crippen LogP contribution in [0, 0.1) is 0 Å². The number of thiazole rings is 1. The molecule has 0 amide bonds. The van der Waals surface area contributed by atoms with Crippen LogP contribution >= 0.6 is 11.3 Å². The number of hydrogen-bond donors (Lipinski definition) is 2. The van der Waals surface area contributed by atoms with Gasteiger partial charge in [-0.15, -0.1) is 11.3 Å². The van der Waals surface area contributed by atoms with Crippen molar-refractivity contribution < 1.29 is 19.5 Å². The van der Waals surface area contributed by atoms with Gasteiger partial charge in [-0.05, 0) is 24.3 Å². The summed E-state index contributed by atoms with van der Waals surface area (Å²) in [6.45, 7) is -0.217. The standard InChI is InChI=1S/C20H18N4O4S/c25-10-17-15(26)9-16(27-17)20-21-14(11-29-20)19-22-18(23-28-19)12-4-3-5-13(8-12)24-6-1-2-7-24/h1-8,11,15-17,25-26H,9-10H2/t15-,16-,17+/m0/s1. The van der Waals surface area contributed by atoms with Crippen molar-refractivity contribution in [3.63, 3.8) is 0 Å². The van der Waals surface area contributed by atoms with Crippen LogP contribution in [-0.4, -0.2) is 48.7 Å². The normalized spacial score (nSPS) is 21.7. The predicted octanol–water partition coefficient (Wildman–Crippen LogP) is 2.83. The van der Waals surface area contributed by atoms with E-state index < -0.39 is 12.2 Å². The van der Waals surface area contributed by atoms with Gasteiger partial charge < -0.3 is 24.0 Å². The molecule has 1 saturated heterocycles. The van der Waals surface area contributed by atoms with Crippen molar-refractivity contribution in [2.24, 2.45) is 0 Å². The topological polar surface area (TPSA) is 106 Å². The van der Waals surface area contributed by atoms with Crippen LogP contribution in [0.25, 0.3) is 28.7 Å². The van der Waals surface area contributed by atoms with Gasteiger partial charge >= 0.3 is 0 Å². The van der Waals surface area contributed by atoms with E-state index in [9.17, 15) is 10.2 Å². The lowest BCUT2D eigenvalue weighted by Gasteiger charge is -2.09. The molecule has 1 aliphatic rings. The number of aliphatic hydroxyl groups excluding tert-OH is 2. The number of benzene rings is 1. The molecule has 1 aromatic carbocycles. The van der Waals surface area contributed by atoms with Crippen molar-refractivity contribution in [3.8, 4) is 28.7 Å². The first-order valence-corrected chi connectivity index (χ1v) is 10.1. The molecule has 0 bridgehead atoms. The van der Waals surface area contributed by atoms with E-state index >= 15 is 0 Å². The molecule has 9 heteroatoms. The maximum atomic E-state index is 9.91. The Kier molecular flexibility index (Phi) is 4.72. The van der Waals surface area contributed by atoms with E-state index in [0.717, 1.165) is 11.3 Å². The first-order valence-electron chi connectivity index (χ1n) is 9.19. The monoisotopic (exact) mass is 410 g/mol. The quantitative estimate of drug-likeness (QED) is 0.521. The van der Waals surface area contributed by atoms with Crippen molar-refractivity contribution in [3.05, 3.63) is 59.2 Å². The highest BCUT2D eigenvalue weighted by atomic mass is 32.1. The van der Waals surface area contributed by atoms with E-state index in [0.29, 0.717) is 28.8 Å². The Hall–Kier alpha value is -2.85. The lowest BCUT2D eigenvalue weighted by atomic mass is 10.1. The van der Waals surface area contributed by atoms with Crippen molar-refractivity contribution in [1.82, 2.24) is 19.7 Å². The van der Waals surface area contributed by atoms with Crippen LogP contribution in [0.1, 0.15) is 17.5 Å². The Bertz CT molecular complexity index is 1110. The van der Waals surface area contributed by atoms with E-state index in [-0.39, 0.29) is 12.7 Å². The molecule has 1 fully saturated rings. The molecule has 0 unspecified atom stereocenters. The summed E-state index contributed by atoms with van der Waals surface area (Å²) in [5, 5.41) is 25.8. The largest absolute Gasteiger partial charge is 0.394 e. The molecule has 4 heterocycles. The van der Waals surface area contributed by atoms with Crippen molar-refractivity contribution in [2.45, 2.75) is 24.7 Å². The average molecular weight is 410 g/mol. The molecule has 148 valence electrons. The second kappa shape index (κ2) is 7.53. The van der Waals surface area contributed by atoms with Gasteiger partial charge in [0.1, 0.15) is 22.9 Å². The van der Waals surface area contributed by atoms with Gasteiger partial charge in [0.2, 0.25) is 5.82 Å². The van der Waals surface area contributed by atoms with E-state index in [4.69, 9.17) is 9.26 Å². The third-order valence-corrected chi connectivity index (χ3v) is 5.79. The lowest BCUT2D eigenvalue weighted by Crippen LogP contribution is -2.24. The Balaban J connectivity index is 1.38. The predicted molar refractivity (Wildman–Crippen MR) is 105 cm³/mol. The zero-order chi connectivity index (χ0) is 19.8. The summed E-state index contributed by atoms with van der Waals surface area (Å²) in [6.07, 6.45) is 2.73. The fourth-order valence-electron chi connectivity index (χ4n) is 3.34. The minimum atomic E-state index is -0.695. The molecule has 0 spiro atoms. The summed E-state index contributed by atoms with van der Waals surface area (Å²) in [7, 11) is 0. The molecule has 0 aliphatic carbocycles. The molecule has 2 N–H and O–H groups in total. The average Bonchev–Trinajstić information content (AvgIpc) is 3.54. The summed E-state index contributed by atoms with van der Waals surface area (Å²) in [5.74, 6) is 0.808. The van der Waals surface area contributed by atoms with Gasteiger partial charge in [0.25, 0.3) is 5.89 Å². The lowest BCUT2D eigenvalue weighted by molar-refractivity contribution is -0.0225. The number of ether oxygens (including phenoxy) is 1. The molecular formula is C20H18N4O4S.